The van der Waals surface area contributed by atoms with E-state index < -0.39 is 119 Å². The van der Waals surface area contributed by atoms with Gasteiger partial charge in [-0.15, -0.1) is 0 Å². The summed E-state index contributed by atoms with van der Waals surface area (Å²) in [4.78, 5) is 58.9. The van der Waals surface area contributed by atoms with Gasteiger partial charge < -0.3 is 53.8 Å². The van der Waals surface area contributed by atoms with Gasteiger partial charge in [0.1, 0.15) is 35.6 Å². The van der Waals surface area contributed by atoms with Gasteiger partial charge in [-0.2, -0.15) is 0 Å². The number of nitrogens with one attached hydrogen (secondary N) is 1. The number of benzene rings is 1. The number of nitrogens with zero attached hydrogens (tertiary/aromatic N) is 1. The predicted molar refractivity (Wildman–Crippen MR) is 214 cm³/mol. The van der Waals surface area contributed by atoms with E-state index in [1.807, 2.05) is 0 Å². The summed E-state index contributed by atoms with van der Waals surface area (Å²) >= 11 is 0. The van der Waals surface area contributed by atoms with Crippen molar-refractivity contribution in [2.75, 3.05) is 6.61 Å². The molecule has 1 aromatic carbocycles. The molecule has 2 saturated carbocycles. The van der Waals surface area contributed by atoms with E-state index in [0.717, 1.165) is 0 Å². The van der Waals surface area contributed by atoms with Crippen molar-refractivity contribution in [1.82, 2.24) is 10.3 Å². The minimum atomic E-state index is -2.18. The Morgan fingerprint density at radius 3 is 2.21 bits per heavy atom. The van der Waals surface area contributed by atoms with E-state index >= 15 is 0 Å². The molecule has 0 spiro atoms. The van der Waals surface area contributed by atoms with Crippen molar-refractivity contribution in [3.8, 4) is 0 Å². The Bertz CT molecular complexity index is 2070. The van der Waals surface area contributed by atoms with Gasteiger partial charge in [-0.1, -0.05) is 39.0 Å². The molecule has 0 radical (unpaired) electrons. The maximum absolute atomic E-state index is 14.4. The normalized spacial score (nSPS) is 35.6. The highest BCUT2D eigenvalue weighted by molar-refractivity contribution is 5.89. The van der Waals surface area contributed by atoms with Gasteiger partial charge in [0.2, 0.25) is 0 Å². The number of aromatic nitrogens is 1. The van der Waals surface area contributed by atoms with Crippen LogP contribution in [0.5, 0.6) is 0 Å². The lowest BCUT2D eigenvalue weighted by Crippen LogP contribution is -2.82. The number of amides is 1. The molecule has 12 atom stereocenters. The predicted octanol–water partition coefficient (Wildman–Crippen LogP) is 4.24. The zero-order valence-electron chi connectivity index (χ0n) is 36.3. The van der Waals surface area contributed by atoms with Gasteiger partial charge in [0.15, 0.2) is 17.5 Å². The lowest BCUT2D eigenvalue weighted by molar-refractivity contribution is -0.362. The van der Waals surface area contributed by atoms with E-state index in [-0.39, 0.29) is 18.6 Å². The first-order valence-corrected chi connectivity index (χ1v) is 20.7. The van der Waals surface area contributed by atoms with Crippen molar-refractivity contribution in [2.45, 2.75) is 153 Å². The molecule has 1 amide bonds. The van der Waals surface area contributed by atoms with Crippen molar-refractivity contribution in [1.29, 1.82) is 0 Å². The number of rotatable bonds is 8. The zero-order chi connectivity index (χ0) is 44.7. The number of hydrogen-bond donors (Lipinski definition) is 4. The van der Waals surface area contributed by atoms with Crippen LogP contribution in [0.15, 0.2) is 66.0 Å². The largest absolute Gasteiger partial charge is 0.456 e. The molecule has 2 saturated heterocycles. The van der Waals surface area contributed by atoms with E-state index in [1.165, 1.54) is 31.5 Å². The Balaban J connectivity index is 1.39. The molecule has 2 aliphatic heterocycles. The average molecular weight is 851 g/mol. The van der Waals surface area contributed by atoms with Crippen LogP contribution in [0.3, 0.4) is 0 Å². The molecule has 5 aliphatic rings. The van der Waals surface area contributed by atoms with E-state index in [9.17, 15) is 34.5 Å². The summed E-state index contributed by atoms with van der Waals surface area (Å²) < 4.78 is 44.0. The minimum absolute atomic E-state index is 0.0284. The second-order valence-corrected chi connectivity index (χ2v) is 19.2. The number of aliphatic hydroxyl groups excluding tert-OH is 2. The molecule has 7 rings (SSSR count). The fraction of sp³-hybridized carbons (Fsp3) is 0.622. The van der Waals surface area contributed by atoms with Crippen molar-refractivity contribution >= 4 is 24.0 Å². The minimum Gasteiger partial charge on any atom is -0.456 e. The van der Waals surface area contributed by atoms with Crippen LogP contribution < -0.4 is 5.32 Å². The van der Waals surface area contributed by atoms with E-state index in [4.69, 9.17) is 33.2 Å². The van der Waals surface area contributed by atoms with Crippen molar-refractivity contribution in [3.05, 3.63) is 77.1 Å². The zero-order valence-corrected chi connectivity index (χ0v) is 36.3. The number of aliphatic hydroxyl groups is 3. The number of alkyl carbamates (subject to hydrolysis) is 1. The topological polar surface area (TPSA) is 218 Å². The molecule has 16 heteroatoms. The monoisotopic (exact) mass is 850 g/mol. The number of carbonyl (C=O) groups excluding carboxylic acids is 4. The van der Waals surface area contributed by atoms with Crippen molar-refractivity contribution < 1.29 is 67.7 Å². The molecule has 4 N–H and O–H groups in total. The Labute approximate surface area is 355 Å². The van der Waals surface area contributed by atoms with Gasteiger partial charge in [-0.05, 0) is 82.5 Å². The third-order valence-corrected chi connectivity index (χ3v) is 13.5. The first kappa shape index (κ1) is 44.6. The van der Waals surface area contributed by atoms with Crippen LogP contribution in [0, 0.1) is 16.7 Å². The highest BCUT2D eigenvalue weighted by Gasteiger charge is 2.79. The molecule has 2 bridgehead atoms. The third-order valence-electron chi connectivity index (χ3n) is 13.5. The summed E-state index contributed by atoms with van der Waals surface area (Å²) in [5, 5.41) is 40.5. The Kier molecular flexibility index (Phi) is 11.3. The second kappa shape index (κ2) is 15.4. The lowest BCUT2D eigenvalue weighted by Gasteiger charge is -2.68. The molecular weight excluding hydrogens is 792 g/mol. The molecule has 3 aliphatic carbocycles. The summed E-state index contributed by atoms with van der Waals surface area (Å²) in [6.07, 6.45) is -7.36. The standard InChI is InChI=1S/C45H58N2O14/c1-23-27(56-38(52)32(50)31(25-16-18-46-19-17-25)47-39(53)61-40(3,4)5)21-45(54)36(57-37(51)26-14-12-11-13-15-26)34-43(10,28(49)20-29-44(34,22-55-29)58-24(2)48)35-33(30(23)41(45,6)7)59-42(8,9)60-35/h11-19,27-29,31-36,49-50,54H,20-22H2,1-10H3,(H,47,53)/t27-,28-,29+,31?,32?,33+,34-,35+,36-,43+,44-,45+/m0/s1. The van der Waals surface area contributed by atoms with Crippen LogP contribution in [0.2, 0.25) is 0 Å². The molecule has 4 fully saturated rings. The lowest BCUT2D eigenvalue weighted by atomic mass is 9.44. The van der Waals surface area contributed by atoms with Crippen LogP contribution in [0.1, 0.15) is 104 Å². The number of ether oxygens (including phenoxy) is 7. The fourth-order valence-electron chi connectivity index (χ4n) is 10.6. The SMILES string of the molecule is CC(=O)O[C@@]12CO[C@@H]1C[C@H](O)[C@@]1(C)[C@@H]3OC(C)(C)O[C@@H]3C3=C(C)[C@@H](OC(=O)C(O)C(NC(=O)OC(C)(C)C)c4ccncc4)C[C@@](O)([C@@H](OC(=O)c4ccccc4)[C@H]21)C3(C)C. The molecule has 2 aromatic rings. The third kappa shape index (κ3) is 7.52. The average Bonchev–Trinajstić information content (AvgIpc) is 3.49. The Morgan fingerprint density at radius 1 is 0.967 bits per heavy atom. The highest BCUT2D eigenvalue weighted by atomic mass is 16.8. The van der Waals surface area contributed by atoms with Crippen LogP contribution in [0.25, 0.3) is 0 Å². The summed E-state index contributed by atoms with van der Waals surface area (Å²) in [5.41, 5.74) is -6.01. The quantitative estimate of drug-likeness (QED) is 0.166. The Hall–Kier alpha value is -4.45. The summed E-state index contributed by atoms with van der Waals surface area (Å²) in [5.74, 6) is -5.08. The maximum atomic E-state index is 14.4. The number of carbonyl (C=O) groups is 4. The van der Waals surface area contributed by atoms with Gasteiger partial charge in [0.25, 0.3) is 0 Å². The molecule has 1 aromatic heterocycles. The van der Waals surface area contributed by atoms with Crippen LogP contribution in [-0.4, -0.2) is 116 Å². The number of esters is 3. The number of fused-ring (bicyclic) bond motifs is 8. The molecule has 61 heavy (non-hydrogen) atoms. The first-order valence-electron chi connectivity index (χ1n) is 20.7. The van der Waals surface area contributed by atoms with Crippen LogP contribution >= 0.6 is 0 Å². The fourth-order valence-corrected chi connectivity index (χ4v) is 10.6. The van der Waals surface area contributed by atoms with Crippen molar-refractivity contribution in [2.24, 2.45) is 16.7 Å². The first-order chi connectivity index (χ1) is 28.4. The van der Waals surface area contributed by atoms with Gasteiger partial charge >= 0.3 is 24.0 Å². The van der Waals surface area contributed by atoms with Crippen LogP contribution in [-0.2, 0) is 42.7 Å². The smallest absolute Gasteiger partial charge is 0.408 e. The Morgan fingerprint density at radius 2 is 1.62 bits per heavy atom. The van der Waals surface area contributed by atoms with Gasteiger partial charge in [0.05, 0.1) is 36.3 Å². The van der Waals surface area contributed by atoms with E-state index in [1.54, 1.807) is 92.6 Å². The maximum Gasteiger partial charge on any atom is 0.408 e. The van der Waals surface area contributed by atoms with Crippen molar-refractivity contribution in [3.63, 3.8) is 0 Å². The highest BCUT2D eigenvalue weighted by Crippen LogP contribution is 2.67. The van der Waals surface area contributed by atoms with E-state index in [0.29, 0.717) is 16.7 Å². The molecule has 16 nitrogen and oxygen atoms in total. The summed E-state index contributed by atoms with van der Waals surface area (Å²) in [6, 6.07) is 9.87. The number of pyridine rings is 1. The molecule has 2 unspecified atom stereocenters. The molecule has 332 valence electrons. The molecule has 3 heterocycles. The number of hydrogen-bond acceptors (Lipinski definition) is 15. The second-order valence-electron chi connectivity index (χ2n) is 19.2. The van der Waals surface area contributed by atoms with Gasteiger partial charge in [-0.25, -0.2) is 14.4 Å². The summed E-state index contributed by atoms with van der Waals surface area (Å²) in [6.45, 7) is 16.6. The van der Waals surface area contributed by atoms with Crippen LogP contribution in [0.4, 0.5) is 4.79 Å². The van der Waals surface area contributed by atoms with Gasteiger partial charge in [-0.3, -0.25) is 9.78 Å². The van der Waals surface area contributed by atoms with Gasteiger partial charge in [0, 0.05) is 43.0 Å². The van der Waals surface area contributed by atoms with E-state index in [2.05, 4.69) is 10.3 Å². The molecular formula is C45H58N2O14. The summed E-state index contributed by atoms with van der Waals surface area (Å²) in [7, 11) is 0.